The zero-order chi connectivity index (χ0) is 18.7. The van der Waals surface area contributed by atoms with E-state index >= 15 is 0 Å². The van der Waals surface area contributed by atoms with Crippen molar-refractivity contribution in [1.82, 2.24) is 10.4 Å². The van der Waals surface area contributed by atoms with Crippen molar-refractivity contribution < 1.29 is 15.1 Å². The molecule has 3 N–H and O–H groups in total. The minimum Gasteiger partial charge on any atom is -0.391 e. The molecule has 1 aliphatic carbocycles. The third-order valence-electron chi connectivity index (χ3n) is 5.82. The van der Waals surface area contributed by atoms with Gasteiger partial charge in [0.15, 0.2) is 0 Å². The Morgan fingerprint density at radius 2 is 1.54 bits per heavy atom. The lowest BCUT2D eigenvalue weighted by molar-refractivity contribution is -0.246. The number of aliphatic hydroxyl groups is 1. The van der Waals surface area contributed by atoms with E-state index in [1.165, 1.54) is 5.06 Å². The van der Waals surface area contributed by atoms with Crippen molar-refractivity contribution in [1.29, 1.82) is 0 Å². The number of carbonyl (C=O) groups excluding carboxylic acids is 1. The van der Waals surface area contributed by atoms with Crippen LogP contribution in [0.1, 0.15) is 68.2 Å². The van der Waals surface area contributed by atoms with Crippen LogP contribution < -0.4 is 5.32 Å². The van der Waals surface area contributed by atoms with Crippen LogP contribution in [0.2, 0.25) is 0 Å². The standard InChI is InChI=1S/C19H34N2O3/c1-16(2)11-13(19(7,8)15(16)23)14(22)20-12-9-17(3,4)21(24)18(5,6)10-12/h11-12,15,23-24H,9-10H2,1-8H3,(H,20,22). The molecule has 1 atom stereocenters. The van der Waals surface area contributed by atoms with Gasteiger partial charge in [-0.1, -0.05) is 33.8 Å². The second kappa shape index (κ2) is 5.55. The van der Waals surface area contributed by atoms with Gasteiger partial charge in [0.2, 0.25) is 5.91 Å². The number of hydroxylamine groups is 2. The Kier molecular flexibility index (Phi) is 4.49. The predicted molar refractivity (Wildman–Crippen MR) is 94.6 cm³/mol. The number of nitrogens with one attached hydrogen (secondary N) is 1. The van der Waals surface area contributed by atoms with E-state index in [-0.39, 0.29) is 11.9 Å². The Morgan fingerprint density at radius 1 is 1.08 bits per heavy atom. The number of carbonyl (C=O) groups is 1. The van der Waals surface area contributed by atoms with Crippen LogP contribution in [0.4, 0.5) is 0 Å². The van der Waals surface area contributed by atoms with Gasteiger partial charge in [0, 0.05) is 33.5 Å². The van der Waals surface area contributed by atoms with Crippen LogP contribution in [0, 0.1) is 10.8 Å². The van der Waals surface area contributed by atoms with E-state index in [1.54, 1.807) is 0 Å². The van der Waals surface area contributed by atoms with E-state index in [2.05, 4.69) is 5.32 Å². The van der Waals surface area contributed by atoms with Crippen LogP contribution >= 0.6 is 0 Å². The summed E-state index contributed by atoms with van der Waals surface area (Å²) in [6.45, 7) is 15.7. The second-order valence-corrected chi connectivity index (χ2v) is 10.0. The zero-order valence-electron chi connectivity index (χ0n) is 16.4. The first-order valence-electron chi connectivity index (χ1n) is 8.83. The first-order chi connectivity index (χ1) is 10.6. The Balaban J connectivity index is 2.19. The molecule has 0 aromatic rings. The van der Waals surface area contributed by atoms with E-state index in [0.717, 1.165) is 0 Å². The molecule has 1 fully saturated rings. The zero-order valence-corrected chi connectivity index (χ0v) is 16.4. The molecular formula is C19H34N2O3. The molecular weight excluding hydrogens is 304 g/mol. The number of piperidine rings is 1. The summed E-state index contributed by atoms with van der Waals surface area (Å²) in [6, 6.07) is -0.0107. The van der Waals surface area contributed by atoms with E-state index in [9.17, 15) is 15.1 Å². The Morgan fingerprint density at radius 3 is 1.92 bits per heavy atom. The summed E-state index contributed by atoms with van der Waals surface area (Å²) >= 11 is 0. The van der Waals surface area contributed by atoms with E-state index < -0.39 is 28.0 Å². The van der Waals surface area contributed by atoms with Crippen molar-refractivity contribution in [3.05, 3.63) is 11.6 Å². The number of rotatable bonds is 2. The van der Waals surface area contributed by atoms with Gasteiger partial charge in [-0.2, -0.15) is 5.06 Å². The van der Waals surface area contributed by atoms with Gasteiger partial charge in [-0.15, -0.1) is 0 Å². The molecule has 1 heterocycles. The average molecular weight is 338 g/mol. The van der Waals surface area contributed by atoms with Gasteiger partial charge in [-0.25, -0.2) is 0 Å². The van der Waals surface area contributed by atoms with Crippen molar-refractivity contribution in [3.63, 3.8) is 0 Å². The monoisotopic (exact) mass is 338 g/mol. The topological polar surface area (TPSA) is 72.8 Å². The maximum absolute atomic E-state index is 12.9. The minimum atomic E-state index is -0.585. The van der Waals surface area contributed by atoms with Crippen LogP contribution in [0.3, 0.4) is 0 Å². The number of hydrogen-bond donors (Lipinski definition) is 3. The fraction of sp³-hybridized carbons (Fsp3) is 0.842. The van der Waals surface area contributed by atoms with E-state index in [1.807, 2.05) is 61.5 Å². The summed E-state index contributed by atoms with van der Waals surface area (Å²) in [7, 11) is 0. The maximum Gasteiger partial charge on any atom is 0.247 e. The van der Waals surface area contributed by atoms with Gasteiger partial charge in [0.25, 0.3) is 0 Å². The van der Waals surface area contributed by atoms with Crippen LogP contribution in [-0.2, 0) is 4.79 Å². The lowest BCUT2D eigenvalue weighted by Crippen LogP contribution is -2.63. The van der Waals surface area contributed by atoms with Crippen LogP contribution in [-0.4, -0.2) is 44.5 Å². The molecule has 138 valence electrons. The largest absolute Gasteiger partial charge is 0.391 e. The van der Waals surface area contributed by atoms with Gasteiger partial charge < -0.3 is 15.6 Å². The van der Waals surface area contributed by atoms with Crippen molar-refractivity contribution >= 4 is 5.91 Å². The fourth-order valence-electron chi connectivity index (χ4n) is 4.71. The molecule has 5 nitrogen and oxygen atoms in total. The lowest BCUT2D eigenvalue weighted by atomic mass is 9.76. The third-order valence-corrected chi connectivity index (χ3v) is 5.82. The van der Waals surface area contributed by atoms with E-state index in [0.29, 0.717) is 18.4 Å². The molecule has 2 rings (SSSR count). The van der Waals surface area contributed by atoms with Gasteiger partial charge in [-0.05, 0) is 40.5 Å². The third kappa shape index (κ3) is 3.14. The SMILES string of the molecule is CC1(C)C=C(C(=O)NC2CC(C)(C)N(O)C(C)(C)C2)C(C)(C)C1O. The van der Waals surface area contributed by atoms with Crippen molar-refractivity contribution in [3.8, 4) is 0 Å². The summed E-state index contributed by atoms with van der Waals surface area (Å²) in [5.41, 5.74) is -1.14. The molecule has 0 aromatic heterocycles. The number of aliphatic hydroxyl groups excluding tert-OH is 1. The fourth-order valence-corrected chi connectivity index (χ4v) is 4.71. The molecule has 2 aliphatic rings. The quantitative estimate of drug-likeness (QED) is 0.724. The molecule has 0 spiro atoms. The minimum absolute atomic E-state index is 0.0107. The molecule has 0 saturated carbocycles. The highest BCUT2D eigenvalue weighted by atomic mass is 16.5. The smallest absolute Gasteiger partial charge is 0.247 e. The lowest BCUT2D eigenvalue weighted by Gasteiger charge is -2.51. The Labute approximate surface area is 146 Å². The summed E-state index contributed by atoms with van der Waals surface area (Å²) in [6.07, 6.45) is 2.68. The summed E-state index contributed by atoms with van der Waals surface area (Å²) < 4.78 is 0. The maximum atomic E-state index is 12.9. The van der Waals surface area contributed by atoms with Gasteiger partial charge in [0.1, 0.15) is 0 Å². The number of hydrogen-bond acceptors (Lipinski definition) is 4. The van der Waals surface area contributed by atoms with Crippen molar-refractivity contribution in [2.24, 2.45) is 10.8 Å². The summed E-state index contributed by atoms with van der Waals surface area (Å²) in [5, 5.41) is 25.5. The van der Waals surface area contributed by atoms with Crippen LogP contribution in [0.15, 0.2) is 11.6 Å². The molecule has 5 heteroatoms. The van der Waals surface area contributed by atoms with Crippen LogP contribution in [0.5, 0.6) is 0 Å². The molecule has 1 amide bonds. The second-order valence-electron chi connectivity index (χ2n) is 10.0. The number of nitrogens with zero attached hydrogens (tertiary/aromatic N) is 1. The van der Waals surface area contributed by atoms with Gasteiger partial charge >= 0.3 is 0 Å². The van der Waals surface area contributed by atoms with Crippen molar-refractivity contribution in [2.75, 3.05) is 0 Å². The average Bonchev–Trinajstić information content (AvgIpc) is 2.55. The van der Waals surface area contributed by atoms with E-state index in [4.69, 9.17) is 0 Å². The summed E-state index contributed by atoms with van der Waals surface area (Å²) in [4.78, 5) is 12.9. The van der Waals surface area contributed by atoms with Crippen molar-refractivity contribution in [2.45, 2.75) is 91.5 Å². The molecule has 1 saturated heterocycles. The molecule has 0 bridgehead atoms. The molecule has 0 aromatic carbocycles. The molecule has 1 aliphatic heterocycles. The highest BCUT2D eigenvalue weighted by Gasteiger charge is 2.50. The molecule has 1 unspecified atom stereocenters. The first kappa shape index (κ1) is 19.4. The molecule has 24 heavy (non-hydrogen) atoms. The Hall–Kier alpha value is -0.910. The highest BCUT2D eigenvalue weighted by molar-refractivity contribution is 5.96. The normalized spacial score (nSPS) is 31.6. The van der Waals surface area contributed by atoms with Gasteiger partial charge in [0.05, 0.1) is 6.10 Å². The highest BCUT2D eigenvalue weighted by Crippen LogP contribution is 2.48. The van der Waals surface area contributed by atoms with Gasteiger partial charge in [-0.3, -0.25) is 4.79 Å². The molecule has 0 radical (unpaired) electrons. The summed E-state index contributed by atoms with van der Waals surface area (Å²) in [5.74, 6) is -0.104. The van der Waals surface area contributed by atoms with Crippen LogP contribution in [0.25, 0.3) is 0 Å². The Bertz CT molecular complexity index is 543. The first-order valence-corrected chi connectivity index (χ1v) is 8.83. The predicted octanol–water partition coefficient (Wildman–Crippen LogP) is 2.87. The number of amides is 1.